The number of esters is 2. The van der Waals surface area contributed by atoms with Gasteiger partial charge in [0, 0.05) is 17.1 Å². The summed E-state index contributed by atoms with van der Waals surface area (Å²) >= 11 is 0. The summed E-state index contributed by atoms with van der Waals surface area (Å²) in [6, 6.07) is 0. The molecule has 1 saturated heterocycles. The Labute approximate surface area is 118 Å². The highest BCUT2D eigenvalue weighted by Crippen LogP contribution is 2.39. The molecule has 0 aromatic carbocycles. The fourth-order valence-electron chi connectivity index (χ4n) is 2.64. The van der Waals surface area contributed by atoms with Crippen LogP contribution in [0.5, 0.6) is 0 Å². The maximum atomic E-state index is 11.6. The molecule has 2 fully saturated rings. The summed E-state index contributed by atoms with van der Waals surface area (Å²) in [6.07, 6.45) is 0.777. The van der Waals surface area contributed by atoms with E-state index in [1.807, 2.05) is 0 Å². The highest BCUT2D eigenvalue weighted by atomic mass is 16.6. The molecule has 2 rings (SSSR count). The molecule has 0 amide bonds. The van der Waals surface area contributed by atoms with Crippen LogP contribution in [0, 0.1) is 5.92 Å². The Balaban J connectivity index is 1.94. The van der Waals surface area contributed by atoms with Crippen molar-refractivity contribution in [1.82, 2.24) is 0 Å². The SMILES string of the molecule is C=C(C)C(=O)O[C@H]1CC[C@H]2[C@@H]1OC[C@H]2OC(=O)C(=C)C. The molecular weight excluding hydrogens is 260 g/mol. The van der Waals surface area contributed by atoms with Crippen LogP contribution in [0.1, 0.15) is 26.7 Å². The topological polar surface area (TPSA) is 61.8 Å². The van der Waals surface area contributed by atoms with Crippen molar-refractivity contribution in [2.24, 2.45) is 5.92 Å². The van der Waals surface area contributed by atoms with Crippen LogP contribution < -0.4 is 0 Å². The average Bonchev–Trinajstić information content (AvgIpc) is 2.93. The summed E-state index contributed by atoms with van der Waals surface area (Å²) in [5.41, 5.74) is 0.744. The van der Waals surface area contributed by atoms with Gasteiger partial charge >= 0.3 is 11.9 Å². The monoisotopic (exact) mass is 280 g/mol. The third-order valence-electron chi connectivity index (χ3n) is 3.72. The first-order chi connectivity index (χ1) is 9.40. The van der Waals surface area contributed by atoms with Crippen molar-refractivity contribution in [3.05, 3.63) is 24.3 Å². The molecule has 1 aliphatic heterocycles. The Morgan fingerprint density at radius 3 is 2.10 bits per heavy atom. The zero-order valence-electron chi connectivity index (χ0n) is 11.9. The van der Waals surface area contributed by atoms with E-state index in [0.29, 0.717) is 17.8 Å². The van der Waals surface area contributed by atoms with Crippen LogP contribution in [0.3, 0.4) is 0 Å². The van der Waals surface area contributed by atoms with E-state index in [1.54, 1.807) is 13.8 Å². The molecule has 0 aromatic heterocycles. The fraction of sp³-hybridized carbons (Fsp3) is 0.600. The van der Waals surface area contributed by atoms with Gasteiger partial charge in [-0.05, 0) is 26.7 Å². The minimum Gasteiger partial charge on any atom is -0.456 e. The number of hydrogen-bond donors (Lipinski definition) is 0. The average molecular weight is 280 g/mol. The normalized spacial score (nSPS) is 31.5. The maximum absolute atomic E-state index is 11.6. The molecule has 4 atom stereocenters. The number of hydrogen-bond acceptors (Lipinski definition) is 5. The predicted octanol–water partition coefficient (Wildman–Crippen LogP) is 1.77. The maximum Gasteiger partial charge on any atom is 0.333 e. The summed E-state index contributed by atoms with van der Waals surface area (Å²) in [4.78, 5) is 23.1. The first-order valence-electron chi connectivity index (χ1n) is 6.74. The molecular formula is C15H20O5. The summed E-state index contributed by atoms with van der Waals surface area (Å²) in [5.74, 6) is -0.718. The molecule has 0 unspecified atom stereocenters. The van der Waals surface area contributed by atoms with Gasteiger partial charge in [0.25, 0.3) is 0 Å². The van der Waals surface area contributed by atoms with Crippen molar-refractivity contribution in [2.75, 3.05) is 6.61 Å². The molecule has 0 spiro atoms. The first kappa shape index (κ1) is 14.8. The fourth-order valence-corrected chi connectivity index (χ4v) is 2.64. The number of ether oxygens (including phenoxy) is 3. The van der Waals surface area contributed by atoms with Crippen LogP contribution in [-0.4, -0.2) is 36.9 Å². The van der Waals surface area contributed by atoms with Crippen LogP contribution in [0.2, 0.25) is 0 Å². The van der Waals surface area contributed by atoms with E-state index < -0.39 is 11.9 Å². The smallest absolute Gasteiger partial charge is 0.333 e. The van der Waals surface area contributed by atoms with Crippen molar-refractivity contribution in [1.29, 1.82) is 0 Å². The quantitative estimate of drug-likeness (QED) is 0.580. The lowest BCUT2D eigenvalue weighted by Crippen LogP contribution is -2.31. The molecule has 110 valence electrons. The van der Waals surface area contributed by atoms with Gasteiger partial charge < -0.3 is 14.2 Å². The molecule has 20 heavy (non-hydrogen) atoms. The van der Waals surface area contributed by atoms with Crippen molar-refractivity contribution in [3.63, 3.8) is 0 Å². The lowest BCUT2D eigenvalue weighted by molar-refractivity contribution is -0.149. The molecule has 1 saturated carbocycles. The van der Waals surface area contributed by atoms with Crippen molar-refractivity contribution in [2.45, 2.75) is 45.0 Å². The molecule has 0 radical (unpaired) electrons. The minimum absolute atomic E-state index is 0.0845. The van der Waals surface area contributed by atoms with Crippen LogP contribution in [0.4, 0.5) is 0 Å². The van der Waals surface area contributed by atoms with Gasteiger partial charge in [0.1, 0.15) is 18.3 Å². The van der Waals surface area contributed by atoms with Crippen molar-refractivity contribution < 1.29 is 23.8 Å². The molecule has 1 aliphatic carbocycles. The Hall–Kier alpha value is -1.62. The predicted molar refractivity (Wildman–Crippen MR) is 71.9 cm³/mol. The molecule has 0 N–H and O–H groups in total. The number of carbonyl (C=O) groups excluding carboxylic acids is 2. The van der Waals surface area contributed by atoms with Crippen molar-refractivity contribution >= 4 is 11.9 Å². The second-order valence-corrected chi connectivity index (χ2v) is 5.49. The number of rotatable bonds is 4. The minimum atomic E-state index is -0.401. The van der Waals surface area contributed by atoms with Gasteiger partial charge in [-0.2, -0.15) is 0 Å². The third-order valence-corrected chi connectivity index (χ3v) is 3.72. The standard InChI is InChI=1S/C15H20O5/c1-8(2)14(16)19-11-6-5-10-12(7-18-13(10)11)20-15(17)9(3)4/h10-13H,1,3,5-7H2,2,4H3/t10-,11+,12-,13+/m1/s1. The van der Waals surface area contributed by atoms with Crippen LogP contribution in [0.25, 0.3) is 0 Å². The van der Waals surface area contributed by atoms with Gasteiger partial charge in [0.15, 0.2) is 0 Å². The lowest BCUT2D eigenvalue weighted by atomic mass is 10.0. The van der Waals surface area contributed by atoms with Crippen LogP contribution in [0.15, 0.2) is 24.3 Å². The molecule has 5 nitrogen and oxygen atoms in total. The lowest BCUT2D eigenvalue weighted by Gasteiger charge is -2.19. The van der Waals surface area contributed by atoms with E-state index >= 15 is 0 Å². The second-order valence-electron chi connectivity index (χ2n) is 5.49. The van der Waals surface area contributed by atoms with E-state index in [-0.39, 0.29) is 24.2 Å². The Morgan fingerprint density at radius 1 is 1.00 bits per heavy atom. The van der Waals surface area contributed by atoms with Gasteiger partial charge in [-0.1, -0.05) is 13.2 Å². The summed E-state index contributed by atoms with van der Waals surface area (Å²) < 4.78 is 16.4. The molecule has 2 aliphatic rings. The van der Waals surface area contributed by atoms with Gasteiger partial charge in [-0.3, -0.25) is 0 Å². The van der Waals surface area contributed by atoms with Crippen molar-refractivity contribution in [3.8, 4) is 0 Å². The summed E-state index contributed by atoms with van der Waals surface area (Å²) in [5, 5.41) is 0. The zero-order chi connectivity index (χ0) is 14.9. The summed E-state index contributed by atoms with van der Waals surface area (Å²) in [7, 11) is 0. The first-order valence-corrected chi connectivity index (χ1v) is 6.74. The second kappa shape index (κ2) is 5.79. The van der Waals surface area contributed by atoms with E-state index in [2.05, 4.69) is 13.2 Å². The molecule has 0 bridgehead atoms. The van der Waals surface area contributed by atoms with Crippen LogP contribution in [-0.2, 0) is 23.8 Å². The number of carbonyl (C=O) groups is 2. The highest BCUT2D eigenvalue weighted by molar-refractivity contribution is 5.87. The molecule has 1 heterocycles. The zero-order valence-corrected chi connectivity index (χ0v) is 11.9. The van der Waals surface area contributed by atoms with Crippen LogP contribution >= 0.6 is 0 Å². The third kappa shape index (κ3) is 2.93. The van der Waals surface area contributed by atoms with E-state index in [9.17, 15) is 9.59 Å². The Morgan fingerprint density at radius 2 is 1.55 bits per heavy atom. The molecule has 0 aromatic rings. The molecule has 5 heteroatoms. The van der Waals surface area contributed by atoms with E-state index in [1.165, 1.54) is 0 Å². The van der Waals surface area contributed by atoms with Gasteiger partial charge in [-0.25, -0.2) is 9.59 Å². The summed E-state index contributed by atoms with van der Waals surface area (Å²) in [6.45, 7) is 10.7. The number of fused-ring (bicyclic) bond motifs is 1. The Kier molecular flexibility index (Phi) is 4.28. The largest absolute Gasteiger partial charge is 0.456 e. The Bertz CT molecular complexity index is 411. The van der Waals surface area contributed by atoms with Gasteiger partial charge in [0.05, 0.1) is 6.61 Å². The van der Waals surface area contributed by atoms with E-state index in [4.69, 9.17) is 14.2 Å². The van der Waals surface area contributed by atoms with E-state index in [0.717, 1.165) is 12.8 Å². The highest BCUT2D eigenvalue weighted by Gasteiger charge is 2.49. The van der Waals surface area contributed by atoms with Gasteiger partial charge in [-0.15, -0.1) is 0 Å². The van der Waals surface area contributed by atoms with Gasteiger partial charge in [0.2, 0.25) is 0 Å².